The molecule has 27 heavy (non-hydrogen) atoms. The summed E-state index contributed by atoms with van der Waals surface area (Å²) in [5.41, 5.74) is 0. The molecule has 0 radical (unpaired) electrons. The van der Waals surface area contributed by atoms with Gasteiger partial charge in [0, 0.05) is 20.8 Å². The Morgan fingerprint density at radius 1 is 1.19 bits per heavy atom. The van der Waals surface area contributed by atoms with Crippen LogP contribution in [-0.4, -0.2) is 117 Å². The molecule has 1 aliphatic heterocycles. The number of carbonyl (C=O) groups excluding carboxylic acids is 1. The minimum atomic E-state index is -3.75. The number of nitrogens with one attached hydrogen (secondary N) is 1. The molecule has 3 unspecified atom stereocenters. The van der Waals surface area contributed by atoms with Crippen LogP contribution in [-0.2, 0) is 28.1 Å². The molecule has 1 amide bonds. The Labute approximate surface area is 159 Å². The van der Waals surface area contributed by atoms with Crippen molar-refractivity contribution in [1.29, 1.82) is 0 Å². The van der Waals surface area contributed by atoms with E-state index < -0.39 is 44.2 Å². The summed E-state index contributed by atoms with van der Waals surface area (Å²) in [5.74, 6) is -0.627. The van der Waals surface area contributed by atoms with Crippen molar-refractivity contribution in [2.75, 3.05) is 61.2 Å². The number of ether oxygens (including phenoxy) is 3. The molecule has 0 bridgehead atoms. The Balaban J connectivity index is 2.50. The first-order chi connectivity index (χ1) is 12.4. The highest BCUT2D eigenvalue weighted by Gasteiger charge is 2.48. The second-order valence-corrected chi connectivity index (χ2v) is 9.32. The third kappa shape index (κ3) is 7.72. The molecule has 11 nitrogen and oxygen atoms in total. The highest BCUT2D eigenvalue weighted by atomic mass is 31.2. The average molecular weight is 415 g/mol. The van der Waals surface area contributed by atoms with Gasteiger partial charge in [-0.2, -0.15) is 0 Å². The summed E-state index contributed by atoms with van der Waals surface area (Å²) < 4.78 is 32.8. The van der Waals surface area contributed by atoms with Crippen LogP contribution in [0.15, 0.2) is 0 Å². The van der Waals surface area contributed by atoms with Crippen molar-refractivity contribution in [3.8, 4) is 0 Å². The summed E-state index contributed by atoms with van der Waals surface area (Å²) in [6.45, 7) is 0.254. The van der Waals surface area contributed by atoms with Gasteiger partial charge in [0.15, 0.2) is 12.4 Å². The lowest BCUT2D eigenvalue weighted by molar-refractivity contribution is -0.867. The molecular weight excluding hydrogens is 383 g/mol. The summed E-state index contributed by atoms with van der Waals surface area (Å²) in [6, 6.07) is 0. The van der Waals surface area contributed by atoms with Gasteiger partial charge in [0.05, 0.1) is 40.5 Å². The van der Waals surface area contributed by atoms with E-state index in [-0.39, 0.29) is 19.3 Å². The van der Waals surface area contributed by atoms with E-state index in [1.54, 1.807) is 0 Å². The van der Waals surface area contributed by atoms with Crippen molar-refractivity contribution in [3.05, 3.63) is 0 Å². The molecule has 1 rings (SSSR count). The van der Waals surface area contributed by atoms with Gasteiger partial charge in [0.1, 0.15) is 18.3 Å². The molecule has 0 aromatic rings. The van der Waals surface area contributed by atoms with Crippen LogP contribution in [0.3, 0.4) is 0 Å². The minimum absolute atomic E-state index is 0.00152. The van der Waals surface area contributed by atoms with Crippen LogP contribution in [0.2, 0.25) is 0 Å². The van der Waals surface area contributed by atoms with E-state index in [4.69, 9.17) is 18.7 Å². The van der Waals surface area contributed by atoms with E-state index in [1.165, 1.54) is 14.2 Å². The number of quaternary nitrogens is 1. The van der Waals surface area contributed by atoms with E-state index >= 15 is 0 Å². The number of hydrogen-bond donors (Lipinski definition) is 4. The first kappa shape index (κ1) is 24.4. The van der Waals surface area contributed by atoms with Gasteiger partial charge in [0.2, 0.25) is 0 Å². The van der Waals surface area contributed by atoms with Gasteiger partial charge in [-0.05, 0) is 0 Å². The zero-order valence-corrected chi connectivity index (χ0v) is 17.3. The summed E-state index contributed by atoms with van der Waals surface area (Å²) >= 11 is 0. The van der Waals surface area contributed by atoms with E-state index in [1.807, 2.05) is 21.1 Å². The van der Waals surface area contributed by atoms with Crippen molar-refractivity contribution in [2.24, 2.45) is 0 Å². The van der Waals surface area contributed by atoms with Crippen LogP contribution in [0.1, 0.15) is 0 Å². The maximum atomic E-state index is 12.3. The molecule has 0 aromatic carbocycles. The Kier molecular flexibility index (Phi) is 9.26. The highest BCUT2D eigenvalue weighted by Crippen LogP contribution is 2.41. The Hall–Kier alpha value is -0.620. The molecule has 6 atom stereocenters. The molecule has 1 heterocycles. The summed E-state index contributed by atoms with van der Waals surface area (Å²) in [5, 5.41) is 22.4. The number of rotatable bonds is 10. The molecule has 4 N–H and O–H groups in total. The largest absolute Gasteiger partial charge is 0.387 e. The van der Waals surface area contributed by atoms with E-state index in [2.05, 4.69) is 5.32 Å². The first-order valence-corrected chi connectivity index (χ1v) is 10.3. The topological polar surface area (TPSA) is 144 Å². The van der Waals surface area contributed by atoms with Crippen molar-refractivity contribution in [3.63, 3.8) is 0 Å². The number of hydrogen-bond acceptors (Lipinski definition) is 8. The van der Waals surface area contributed by atoms with Gasteiger partial charge in [-0.1, -0.05) is 0 Å². The summed E-state index contributed by atoms with van der Waals surface area (Å²) in [6.07, 6.45) is -6.26. The zero-order chi connectivity index (χ0) is 20.8. The smallest absolute Gasteiger partial charge is 0.333 e. The normalized spacial score (nSPS) is 31.3. The van der Waals surface area contributed by atoms with Gasteiger partial charge >= 0.3 is 7.60 Å². The number of methoxy groups -OCH3 is 2. The molecule has 12 heteroatoms. The predicted molar refractivity (Wildman–Crippen MR) is 95.0 cm³/mol. The molecule has 1 aliphatic rings. The van der Waals surface area contributed by atoms with Gasteiger partial charge in [-0.25, -0.2) is 0 Å². The molecule has 1 fully saturated rings. The van der Waals surface area contributed by atoms with E-state index in [0.29, 0.717) is 11.0 Å². The zero-order valence-electron chi connectivity index (χ0n) is 16.4. The van der Waals surface area contributed by atoms with E-state index in [9.17, 15) is 24.5 Å². The van der Waals surface area contributed by atoms with Gasteiger partial charge in [-0.3, -0.25) is 9.36 Å². The van der Waals surface area contributed by atoms with Crippen molar-refractivity contribution >= 4 is 13.5 Å². The number of carbonyl (C=O) groups is 1. The van der Waals surface area contributed by atoms with Crippen molar-refractivity contribution in [1.82, 2.24) is 5.32 Å². The molecule has 0 aromatic heterocycles. The monoisotopic (exact) mass is 415 g/mol. The SMILES string of the molecule is COC1OC(C(=O)NCCOP(=O)(O)CC[N+](C)(C)C)[C@@H](OC)[C@H](O)[C@H]1O. The standard InChI is InChI=1S/C15H31N2O9P/c1-17(2,3)7-9-27(21,22)25-8-6-16-14(20)13-12(23-4)10(18)11(19)15(24-5)26-13/h10-13,15,18-19H,6-9H2,1-5H3,(H-,16,20,21,22)/p+1/t10-,11-,12+,13?,15?/m1/s1. The summed E-state index contributed by atoms with van der Waals surface area (Å²) in [7, 11) is 4.49. The number of aliphatic hydroxyl groups is 2. The van der Waals surface area contributed by atoms with Gasteiger partial charge in [0.25, 0.3) is 5.91 Å². The Bertz CT molecular complexity index is 528. The first-order valence-electron chi connectivity index (χ1n) is 8.53. The molecular formula is C15H32N2O9P+. The maximum absolute atomic E-state index is 12.3. The Morgan fingerprint density at radius 2 is 1.81 bits per heavy atom. The quantitative estimate of drug-likeness (QED) is 0.183. The molecule has 160 valence electrons. The van der Waals surface area contributed by atoms with Gasteiger partial charge in [-0.15, -0.1) is 0 Å². The lowest BCUT2D eigenvalue weighted by Gasteiger charge is -2.40. The average Bonchev–Trinajstić information content (AvgIpc) is 2.58. The van der Waals surface area contributed by atoms with Crippen LogP contribution >= 0.6 is 7.60 Å². The second kappa shape index (κ2) is 10.2. The van der Waals surface area contributed by atoms with Gasteiger partial charge < -0.3 is 43.6 Å². The molecule has 1 saturated heterocycles. The fourth-order valence-electron chi connectivity index (χ4n) is 2.46. The fourth-order valence-corrected chi connectivity index (χ4v) is 3.82. The molecule has 0 spiro atoms. The lowest BCUT2D eigenvalue weighted by atomic mass is 9.98. The third-order valence-corrected chi connectivity index (χ3v) is 5.41. The van der Waals surface area contributed by atoms with Crippen LogP contribution in [0.25, 0.3) is 0 Å². The van der Waals surface area contributed by atoms with Crippen molar-refractivity contribution in [2.45, 2.75) is 30.7 Å². The maximum Gasteiger partial charge on any atom is 0.333 e. The van der Waals surface area contributed by atoms with Crippen LogP contribution in [0, 0.1) is 0 Å². The second-order valence-electron chi connectivity index (χ2n) is 7.34. The van der Waals surface area contributed by atoms with E-state index in [0.717, 1.165) is 0 Å². The predicted octanol–water partition coefficient (Wildman–Crippen LogP) is -1.88. The molecule has 0 saturated carbocycles. The van der Waals surface area contributed by atoms with Crippen LogP contribution < -0.4 is 5.32 Å². The number of amides is 1. The lowest BCUT2D eigenvalue weighted by Crippen LogP contribution is -2.62. The number of aliphatic hydroxyl groups excluding tert-OH is 2. The summed E-state index contributed by atoms with van der Waals surface area (Å²) in [4.78, 5) is 22.1. The Morgan fingerprint density at radius 3 is 2.33 bits per heavy atom. The van der Waals surface area contributed by atoms with Crippen molar-refractivity contribution < 1.29 is 47.7 Å². The molecule has 0 aliphatic carbocycles. The van der Waals surface area contributed by atoms with Crippen LogP contribution in [0.5, 0.6) is 0 Å². The number of nitrogens with zero attached hydrogens (tertiary/aromatic N) is 1. The highest BCUT2D eigenvalue weighted by molar-refractivity contribution is 7.52. The third-order valence-electron chi connectivity index (χ3n) is 4.06. The van der Waals surface area contributed by atoms with Crippen LogP contribution in [0.4, 0.5) is 0 Å². The fraction of sp³-hybridized carbons (Fsp3) is 0.933. The minimum Gasteiger partial charge on any atom is -0.387 e.